The molecule has 0 amide bonds. The van der Waals surface area contributed by atoms with Crippen LogP contribution in [0.15, 0.2) is 57.9 Å². The van der Waals surface area contributed by atoms with E-state index >= 15 is 0 Å². The topological polar surface area (TPSA) is 154 Å². The molecular formula is C29H27FO12. The zero-order valence-corrected chi connectivity index (χ0v) is 23.0. The van der Waals surface area contributed by atoms with Gasteiger partial charge in [0.15, 0.2) is 12.2 Å². The third kappa shape index (κ3) is 6.92. The van der Waals surface area contributed by atoms with E-state index < -0.39 is 72.4 Å². The molecule has 3 aromatic rings. The monoisotopic (exact) mass is 586 g/mol. The van der Waals surface area contributed by atoms with Gasteiger partial charge in [0.1, 0.15) is 36.1 Å². The van der Waals surface area contributed by atoms with Crippen molar-refractivity contribution in [3.63, 3.8) is 0 Å². The Morgan fingerprint density at radius 2 is 1.45 bits per heavy atom. The van der Waals surface area contributed by atoms with E-state index in [1.165, 1.54) is 36.4 Å². The molecule has 0 radical (unpaired) electrons. The van der Waals surface area contributed by atoms with Gasteiger partial charge in [-0.2, -0.15) is 0 Å². The number of halogens is 1. The highest BCUT2D eigenvalue weighted by Crippen LogP contribution is 2.32. The SMILES string of the molecule is CC(=O)OC[C@@H]1O[C@@H](Oc2ccc3c(=O)c(-c4ccccc4F)coc3c2)[C@@H](OC(C)=O)[C@H](OC(C)=O)[C@H]1OC(C)=O. The first-order chi connectivity index (χ1) is 19.9. The van der Waals surface area contributed by atoms with E-state index in [0.717, 1.165) is 34.0 Å². The molecule has 2 aromatic carbocycles. The van der Waals surface area contributed by atoms with Crippen molar-refractivity contribution >= 4 is 34.8 Å². The number of ether oxygens (including phenoxy) is 6. The molecule has 42 heavy (non-hydrogen) atoms. The number of rotatable bonds is 8. The molecule has 0 aliphatic carbocycles. The Morgan fingerprint density at radius 1 is 0.810 bits per heavy atom. The van der Waals surface area contributed by atoms with Crippen molar-refractivity contribution in [1.29, 1.82) is 0 Å². The Morgan fingerprint density at radius 3 is 2.10 bits per heavy atom. The van der Waals surface area contributed by atoms with Crippen LogP contribution in [0.2, 0.25) is 0 Å². The fourth-order valence-electron chi connectivity index (χ4n) is 4.47. The molecule has 0 N–H and O–H groups in total. The summed E-state index contributed by atoms with van der Waals surface area (Å²) in [5.74, 6) is -3.53. The third-order valence-corrected chi connectivity index (χ3v) is 6.11. The molecule has 1 saturated heterocycles. The molecule has 0 bridgehead atoms. The Labute approximate surface area is 238 Å². The van der Waals surface area contributed by atoms with Gasteiger partial charge in [0.25, 0.3) is 0 Å². The summed E-state index contributed by atoms with van der Waals surface area (Å²) >= 11 is 0. The molecule has 0 unspecified atom stereocenters. The van der Waals surface area contributed by atoms with E-state index in [0.29, 0.717) is 0 Å². The maximum absolute atomic E-state index is 14.3. The fourth-order valence-corrected chi connectivity index (χ4v) is 4.47. The van der Waals surface area contributed by atoms with Gasteiger partial charge >= 0.3 is 23.9 Å². The van der Waals surface area contributed by atoms with Crippen LogP contribution in [0.1, 0.15) is 27.7 Å². The van der Waals surface area contributed by atoms with Crippen LogP contribution in [0.5, 0.6) is 5.75 Å². The lowest BCUT2D eigenvalue weighted by Gasteiger charge is -2.43. The highest BCUT2D eigenvalue weighted by molar-refractivity contribution is 5.82. The molecule has 5 atom stereocenters. The van der Waals surface area contributed by atoms with E-state index in [2.05, 4.69) is 0 Å². The molecular weight excluding hydrogens is 559 g/mol. The quantitative estimate of drug-likeness (QED) is 0.281. The molecule has 1 aliphatic heterocycles. The minimum Gasteiger partial charge on any atom is -0.463 e. The van der Waals surface area contributed by atoms with Crippen LogP contribution in [-0.4, -0.2) is 61.2 Å². The van der Waals surface area contributed by atoms with Crippen LogP contribution >= 0.6 is 0 Å². The second-order valence-electron chi connectivity index (χ2n) is 9.30. The first-order valence-corrected chi connectivity index (χ1v) is 12.7. The fraction of sp³-hybridized carbons (Fsp3) is 0.345. The predicted octanol–water partition coefficient (Wildman–Crippen LogP) is 3.06. The number of carbonyl (C=O) groups is 4. The van der Waals surface area contributed by atoms with Crippen molar-refractivity contribution in [3.05, 3.63) is 64.8 Å². The molecule has 1 fully saturated rings. The normalized spacial score (nSPS) is 21.7. The van der Waals surface area contributed by atoms with Crippen molar-refractivity contribution in [2.45, 2.75) is 58.4 Å². The van der Waals surface area contributed by atoms with Crippen molar-refractivity contribution in [1.82, 2.24) is 0 Å². The second-order valence-corrected chi connectivity index (χ2v) is 9.30. The summed E-state index contributed by atoms with van der Waals surface area (Å²) in [6.45, 7) is 4.04. The number of benzene rings is 2. The summed E-state index contributed by atoms with van der Waals surface area (Å²) in [5.41, 5.74) is -0.303. The highest BCUT2D eigenvalue weighted by Gasteiger charge is 2.53. The molecule has 1 aliphatic rings. The van der Waals surface area contributed by atoms with Crippen LogP contribution in [0, 0.1) is 5.82 Å². The molecule has 222 valence electrons. The van der Waals surface area contributed by atoms with Gasteiger partial charge in [0.05, 0.1) is 10.9 Å². The zero-order valence-electron chi connectivity index (χ0n) is 23.0. The van der Waals surface area contributed by atoms with Gasteiger partial charge in [-0.25, -0.2) is 4.39 Å². The standard InChI is InChI=1S/C29H27FO12/c1-14(31)36-13-24-26(38-15(2)32)27(39-16(3)33)28(40-17(4)34)29(42-24)41-18-9-10-20-23(11-18)37-12-21(25(20)35)19-7-5-6-8-22(19)30/h5-12,24,26-29H,13H2,1-4H3/t24-,26-,27+,28-,29+/m0/s1. The highest BCUT2D eigenvalue weighted by atomic mass is 19.1. The van der Waals surface area contributed by atoms with Crippen LogP contribution in [0.3, 0.4) is 0 Å². The van der Waals surface area contributed by atoms with Crippen LogP contribution in [-0.2, 0) is 42.9 Å². The number of hydrogen-bond donors (Lipinski definition) is 0. The summed E-state index contributed by atoms with van der Waals surface area (Å²) < 4.78 is 53.0. The van der Waals surface area contributed by atoms with E-state index in [1.807, 2.05) is 0 Å². The molecule has 1 aromatic heterocycles. The molecule has 13 heteroatoms. The maximum Gasteiger partial charge on any atom is 0.303 e. The first-order valence-electron chi connectivity index (χ1n) is 12.7. The molecule has 12 nitrogen and oxygen atoms in total. The Balaban J connectivity index is 1.71. The minimum absolute atomic E-state index is 0.0221. The van der Waals surface area contributed by atoms with E-state index in [9.17, 15) is 28.4 Å². The average Bonchev–Trinajstić information content (AvgIpc) is 2.91. The largest absolute Gasteiger partial charge is 0.463 e. The number of fused-ring (bicyclic) bond motifs is 1. The van der Waals surface area contributed by atoms with Crippen LogP contribution < -0.4 is 10.2 Å². The van der Waals surface area contributed by atoms with Crippen LogP contribution in [0.4, 0.5) is 4.39 Å². The maximum atomic E-state index is 14.3. The lowest BCUT2D eigenvalue weighted by molar-refractivity contribution is -0.288. The Kier molecular flexibility index (Phi) is 9.21. The predicted molar refractivity (Wildman–Crippen MR) is 140 cm³/mol. The second kappa shape index (κ2) is 12.8. The van der Waals surface area contributed by atoms with Gasteiger partial charge in [0.2, 0.25) is 17.8 Å². The number of carbonyl (C=O) groups excluding carboxylic acids is 4. The summed E-state index contributed by atoms with van der Waals surface area (Å²) in [4.78, 5) is 60.6. The average molecular weight is 587 g/mol. The van der Waals surface area contributed by atoms with Gasteiger partial charge in [-0.05, 0) is 18.2 Å². The van der Waals surface area contributed by atoms with Crippen molar-refractivity contribution < 1.29 is 56.4 Å². The minimum atomic E-state index is -1.48. The van der Waals surface area contributed by atoms with Gasteiger partial charge < -0.3 is 32.8 Å². The number of esters is 4. The number of hydrogen-bond acceptors (Lipinski definition) is 12. The van der Waals surface area contributed by atoms with E-state index in [1.54, 1.807) is 6.07 Å². The van der Waals surface area contributed by atoms with Gasteiger partial charge in [-0.15, -0.1) is 0 Å². The Hall–Kier alpha value is -4.78. The molecule has 4 rings (SSSR count). The smallest absolute Gasteiger partial charge is 0.303 e. The summed E-state index contributed by atoms with van der Waals surface area (Å²) in [6, 6.07) is 9.92. The lowest BCUT2D eigenvalue weighted by atomic mass is 9.98. The summed E-state index contributed by atoms with van der Waals surface area (Å²) in [7, 11) is 0. The van der Waals surface area contributed by atoms with Crippen molar-refractivity contribution in [2.24, 2.45) is 0 Å². The van der Waals surface area contributed by atoms with Gasteiger partial charge in [-0.1, -0.05) is 18.2 Å². The molecule has 0 spiro atoms. The summed E-state index contributed by atoms with van der Waals surface area (Å²) in [6.07, 6.45) is -5.78. The van der Waals surface area contributed by atoms with Crippen LogP contribution in [0.25, 0.3) is 22.1 Å². The lowest BCUT2D eigenvalue weighted by Crippen LogP contribution is -2.63. The zero-order chi connectivity index (χ0) is 30.6. The van der Waals surface area contributed by atoms with Gasteiger partial charge in [-0.3, -0.25) is 24.0 Å². The summed E-state index contributed by atoms with van der Waals surface area (Å²) in [5, 5.41) is 0.129. The third-order valence-electron chi connectivity index (χ3n) is 6.11. The molecule has 0 saturated carbocycles. The van der Waals surface area contributed by atoms with E-state index in [4.69, 9.17) is 32.8 Å². The first kappa shape index (κ1) is 30.2. The van der Waals surface area contributed by atoms with Crippen molar-refractivity contribution in [2.75, 3.05) is 6.61 Å². The van der Waals surface area contributed by atoms with Crippen molar-refractivity contribution in [3.8, 4) is 16.9 Å². The Bertz CT molecular complexity index is 1560. The van der Waals surface area contributed by atoms with Gasteiger partial charge in [0, 0.05) is 39.3 Å². The van der Waals surface area contributed by atoms with E-state index in [-0.39, 0.29) is 27.8 Å². The molecule has 2 heterocycles.